The second-order valence-corrected chi connectivity index (χ2v) is 5.71. The van der Waals surface area contributed by atoms with Gasteiger partial charge in [0.1, 0.15) is 12.4 Å². The molecule has 0 fully saturated rings. The Hall–Kier alpha value is -2.58. The minimum Gasteiger partial charge on any atom is -0.489 e. The predicted molar refractivity (Wildman–Crippen MR) is 95.3 cm³/mol. The third kappa shape index (κ3) is 3.99. The van der Waals surface area contributed by atoms with E-state index in [1.54, 1.807) is 0 Å². The lowest BCUT2D eigenvalue weighted by Crippen LogP contribution is -2.04. The van der Waals surface area contributed by atoms with Crippen LogP contribution in [0.4, 0.5) is 0 Å². The number of nitrogens with two attached hydrogens (primary N) is 1. The van der Waals surface area contributed by atoms with Crippen LogP contribution in [0, 0.1) is 0 Å². The van der Waals surface area contributed by atoms with Gasteiger partial charge in [0.2, 0.25) is 0 Å². The molecule has 0 aliphatic heterocycles. The SMILES string of the molecule is C[C@H](N)c1cccc(-c2ccc(OCc3ccccc3)cc2)c1. The molecule has 2 N–H and O–H groups in total. The van der Waals surface area contributed by atoms with E-state index in [9.17, 15) is 0 Å². The van der Waals surface area contributed by atoms with Gasteiger partial charge in [0, 0.05) is 6.04 Å². The van der Waals surface area contributed by atoms with E-state index in [1.807, 2.05) is 43.3 Å². The lowest BCUT2D eigenvalue weighted by Gasteiger charge is -2.10. The zero-order valence-corrected chi connectivity index (χ0v) is 13.3. The second kappa shape index (κ2) is 7.12. The summed E-state index contributed by atoms with van der Waals surface area (Å²) in [7, 11) is 0. The Kier molecular flexibility index (Phi) is 4.74. The number of hydrogen-bond donors (Lipinski definition) is 1. The Balaban J connectivity index is 1.71. The molecule has 0 spiro atoms. The molecule has 0 aromatic heterocycles. The highest BCUT2D eigenvalue weighted by atomic mass is 16.5. The largest absolute Gasteiger partial charge is 0.489 e. The van der Waals surface area contributed by atoms with E-state index >= 15 is 0 Å². The molecule has 0 saturated carbocycles. The van der Waals surface area contributed by atoms with Crippen molar-refractivity contribution in [2.75, 3.05) is 0 Å². The molecule has 2 nitrogen and oxygen atoms in total. The lowest BCUT2D eigenvalue weighted by molar-refractivity contribution is 0.306. The fourth-order valence-electron chi connectivity index (χ4n) is 2.49. The molecule has 0 aliphatic rings. The maximum absolute atomic E-state index is 5.96. The van der Waals surface area contributed by atoms with Crippen molar-refractivity contribution in [2.45, 2.75) is 19.6 Å². The van der Waals surface area contributed by atoms with E-state index < -0.39 is 0 Å². The van der Waals surface area contributed by atoms with Crippen LogP contribution in [-0.4, -0.2) is 0 Å². The molecule has 116 valence electrons. The Morgan fingerprint density at radius 3 is 2.26 bits per heavy atom. The zero-order valence-electron chi connectivity index (χ0n) is 13.3. The molecule has 0 heterocycles. The van der Waals surface area contributed by atoms with E-state index in [4.69, 9.17) is 10.5 Å². The van der Waals surface area contributed by atoms with Crippen molar-refractivity contribution in [2.24, 2.45) is 5.73 Å². The summed E-state index contributed by atoms with van der Waals surface area (Å²) < 4.78 is 5.82. The Bertz CT molecular complexity index is 748. The average molecular weight is 303 g/mol. The average Bonchev–Trinajstić information content (AvgIpc) is 2.61. The van der Waals surface area contributed by atoms with Crippen LogP contribution in [0.25, 0.3) is 11.1 Å². The van der Waals surface area contributed by atoms with Crippen LogP contribution >= 0.6 is 0 Å². The van der Waals surface area contributed by atoms with Crippen molar-refractivity contribution in [3.05, 3.63) is 90.0 Å². The van der Waals surface area contributed by atoms with Gasteiger partial charge in [0.15, 0.2) is 0 Å². The summed E-state index contributed by atoms with van der Waals surface area (Å²) in [5.41, 5.74) is 10.6. The molecular formula is C21H21NO. The smallest absolute Gasteiger partial charge is 0.119 e. The molecule has 23 heavy (non-hydrogen) atoms. The van der Waals surface area contributed by atoms with Crippen molar-refractivity contribution in [3.63, 3.8) is 0 Å². The van der Waals surface area contributed by atoms with Gasteiger partial charge in [-0.3, -0.25) is 0 Å². The van der Waals surface area contributed by atoms with Gasteiger partial charge in [-0.15, -0.1) is 0 Å². The van der Waals surface area contributed by atoms with E-state index in [0.29, 0.717) is 6.61 Å². The third-order valence-corrected chi connectivity index (χ3v) is 3.85. The molecule has 3 aromatic carbocycles. The summed E-state index contributed by atoms with van der Waals surface area (Å²) >= 11 is 0. The van der Waals surface area contributed by atoms with Crippen LogP contribution in [0.15, 0.2) is 78.9 Å². The first-order valence-electron chi connectivity index (χ1n) is 7.85. The number of ether oxygens (including phenoxy) is 1. The van der Waals surface area contributed by atoms with E-state index in [-0.39, 0.29) is 6.04 Å². The van der Waals surface area contributed by atoms with Gasteiger partial charge in [0.05, 0.1) is 0 Å². The van der Waals surface area contributed by atoms with Crippen molar-refractivity contribution in [3.8, 4) is 16.9 Å². The predicted octanol–water partition coefficient (Wildman–Crippen LogP) is 4.95. The summed E-state index contributed by atoms with van der Waals surface area (Å²) in [5.74, 6) is 0.876. The summed E-state index contributed by atoms with van der Waals surface area (Å²) in [4.78, 5) is 0. The Labute approximate surface area is 137 Å². The molecule has 0 aliphatic carbocycles. The quantitative estimate of drug-likeness (QED) is 0.723. The van der Waals surface area contributed by atoms with Gasteiger partial charge >= 0.3 is 0 Å². The Morgan fingerprint density at radius 2 is 1.57 bits per heavy atom. The highest BCUT2D eigenvalue weighted by molar-refractivity contribution is 5.65. The fourth-order valence-corrected chi connectivity index (χ4v) is 2.49. The summed E-state index contributed by atoms with van der Waals surface area (Å²) in [6.07, 6.45) is 0. The van der Waals surface area contributed by atoms with Crippen molar-refractivity contribution >= 4 is 0 Å². The summed E-state index contributed by atoms with van der Waals surface area (Å²) in [6, 6.07) is 26.8. The monoisotopic (exact) mass is 303 g/mol. The first kappa shape index (κ1) is 15.3. The molecule has 0 amide bonds. The normalized spacial score (nSPS) is 11.9. The number of hydrogen-bond acceptors (Lipinski definition) is 2. The van der Waals surface area contributed by atoms with E-state index in [2.05, 4.69) is 42.5 Å². The van der Waals surface area contributed by atoms with Crippen LogP contribution < -0.4 is 10.5 Å². The maximum Gasteiger partial charge on any atom is 0.119 e. The number of benzene rings is 3. The fraction of sp³-hybridized carbons (Fsp3) is 0.143. The molecule has 0 saturated heterocycles. The van der Waals surface area contributed by atoms with Gasteiger partial charge in [-0.25, -0.2) is 0 Å². The minimum atomic E-state index is 0.0448. The molecule has 2 heteroatoms. The highest BCUT2D eigenvalue weighted by Gasteiger charge is 2.03. The molecule has 3 aromatic rings. The molecular weight excluding hydrogens is 282 g/mol. The van der Waals surface area contributed by atoms with E-state index in [1.165, 1.54) is 16.7 Å². The maximum atomic E-state index is 5.96. The topological polar surface area (TPSA) is 35.2 Å². The lowest BCUT2D eigenvalue weighted by atomic mass is 10.0. The molecule has 3 rings (SSSR count). The van der Waals surface area contributed by atoms with Crippen LogP contribution in [0.3, 0.4) is 0 Å². The van der Waals surface area contributed by atoms with Crippen LogP contribution in [0.2, 0.25) is 0 Å². The second-order valence-electron chi connectivity index (χ2n) is 5.71. The van der Waals surface area contributed by atoms with Crippen molar-refractivity contribution in [1.82, 2.24) is 0 Å². The first-order valence-corrected chi connectivity index (χ1v) is 7.85. The highest BCUT2D eigenvalue weighted by Crippen LogP contribution is 2.25. The summed E-state index contributed by atoms with van der Waals surface area (Å²) in [6.45, 7) is 2.58. The molecule has 1 atom stereocenters. The van der Waals surface area contributed by atoms with Gasteiger partial charge in [-0.1, -0.05) is 60.7 Å². The van der Waals surface area contributed by atoms with Gasteiger partial charge < -0.3 is 10.5 Å². The van der Waals surface area contributed by atoms with Crippen molar-refractivity contribution < 1.29 is 4.74 Å². The number of rotatable bonds is 5. The van der Waals surface area contributed by atoms with Crippen LogP contribution in [0.5, 0.6) is 5.75 Å². The van der Waals surface area contributed by atoms with Gasteiger partial charge in [0.25, 0.3) is 0 Å². The Morgan fingerprint density at radius 1 is 0.826 bits per heavy atom. The van der Waals surface area contributed by atoms with Crippen LogP contribution in [0.1, 0.15) is 24.1 Å². The molecule has 0 radical (unpaired) electrons. The molecule has 0 unspecified atom stereocenters. The summed E-state index contributed by atoms with van der Waals surface area (Å²) in [5, 5.41) is 0. The van der Waals surface area contributed by atoms with Crippen molar-refractivity contribution in [1.29, 1.82) is 0 Å². The first-order chi connectivity index (χ1) is 11.2. The molecule has 0 bridgehead atoms. The van der Waals surface area contributed by atoms with E-state index in [0.717, 1.165) is 11.3 Å². The standard InChI is InChI=1S/C21H21NO/c1-16(22)19-8-5-9-20(14-19)18-10-12-21(13-11-18)23-15-17-6-3-2-4-7-17/h2-14,16H,15,22H2,1H3/t16-/m0/s1. The third-order valence-electron chi connectivity index (χ3n) is 3.85. The van der Waals surface area contributed by atoms with Gasteiger partial charge in [-0.05, 0) is 47.4 Å². The minimum absolute atomic E-state index is 0.0448. The zero-order chi connectivity index (χ0) is 16.1. The van der Waals surface area contributed by atoms with Gasteiger partial charge in [-0.2, -0.15) is 0 Å². The van der Waals surface area contributed by atoms with Crippen LogP contribution in [-0.2, 0) is 6.61 Å².